The number of hydrogen-bond acceptors (Lipinski definition) is 2. The van der Waals surface area contributed by atoms with E-state index in [1.807, 2.05) is 0 Å². The summed E-state index contributed by atoms with van der Waals surface area (Å²) in [6, 6.07) is 17.9. The smallest absolute Gasteiger partial charge is 0.0432 e. The molecule has 2 nitrogen and oxygen atoms in total. The second-order valence-electron chi connectivity index (χ2n) is 5.32. The fraction of sp³-hybridized carbons (Fsp3) is 0.294. The minimum absolute atomic E-state index is 0.572. The maximum atomic E-state index is 5.73. The average molecular weight is 331 g/mol. The molecule has 2 aromatic carbocycles. The van der Waals surface area contributed by atoms with Crippen molar-refractivity contribution in [1.82, 2.24) is 0 Å². The predicted molar refractivity (Wildman–Crippen MR) is 87.7 cm³/mol. The Morgan fingerprint density at radius 3 is 2.45 bits per heavy atom. The van der Waals surface area contributed by atoms with Crippen molar-refractivity contribution >= 4 is 21.6 Å². The summed E-state index contributed by atoms with van der Waals surface area (Å²) in [5.41, 5.74) is 9.52. The lowest BCUT2D eigenvalue weighted by Crippen LogP contribution is -2.25. The summed E-state index contributed by atoms with van der Waals surface area (Å²) >= 11 is 3.62. The van der Waals surface area contributed by atoms with Gasteiger partial charge in [-0.1, -0.05) is 52.3 Å². The molecule has 0 bridgehead atoms. The molecular weight excluding hydrogens is 312 g/mol. The Bertz CT molecular complexity index is 579. The highest BCUT2D eigenvalue weighted by Crippen LogP contribution is 2.35. The van der Waals surface area contributed by atoms with Crippen LogP contribution in [0.3, 0.4) is 0 Å². The molecule has 0 atom stereocenters. The third-order valence-electron chi connectivity index (χ3n) is 3.77. The molecule has 104 valence electrons. The Balaban J connectivity index is 1.85. The molecule has 3 heteroatoms. The standard InChI is InChI=1S/C17H19BrN2/c18-17-10-16(7-6-14(17)11-19)20(15-8-9-15)12-13-4-2-1-3-5-13/h1-7,10,15H,8-9,11-12,19H2. The minimum atomic E-state index is 0.572. The van der Waals surface area contributed by atoms with E-state index in [9.17, 15) is 0 Å². The Morgan fingerprint density at radius 1 is 1.10 bits per heavy atom. The minimum Gasteiger partial charge on any atom is -0.364 e. The summed E-state index contributed by atoms with van der Waals surface area (Å²) < 4.78 is 1.11. The number of benzene rings is 2. The van der Waals surface area contributed by atoms with Crippen LogP contribution < -0.4 is 10.6 Å². The van der Waals surface area contributed by atoms with Gasteiger partial charge in [0.25, 0.3) is 0 Å². The van der Waals surface area contributed by atoms with Crippen LogP contribution in [0.1, 0.15) is 24.0 Å². The van der Waals surface area contributed by atoms with Gasteiger partial charge in [-0.15, -0.1) is 0 Å². The van der Waals surface area contributed by atoms with Gasteiger partial charge in [-0.2, -0.15) is 0 Å². The highest BCUT2D eigenvalue weighted by atomic mass is 79.9. The van der Waals surface area contributed by atoms with Crippen LogP contribution in [-0.2, 0) is 13.1 Å². The van der Waals surface area contributed by atoms with Crippen LogP contribution in [0.4, 0.5) is 5.69 Å². The van der Waals surface area contributed by atoms with Gasteiger partial charge in [-0.25, -0.2) is 0 Å². The van der Waals surface area contributed by atoms with E-state index in [1.54, 1.807) is 0 Å². The second-order valence-corrected chi connectivity index (χ2v) is 6.18. The number of anilines is 1. The number of nitrogens with zero attached hydrogens (tertiary/aromatic N) is 1. The molecule has 0 radical (unpaired) electrons. The maximum Gasteiger partial charge on any atom is 0.0432 e. The Morgan fingerprint density at radius 2 is 1.85 bits per heavy atom. The normalized spacial score (nSPS) is 14.3. The Kier molecular flexibility index (Phi) is 4.08. The topological polar surface area (TPSA) is 29.3 Å². The van der Waals surface area contributed by atoms with Crippen molar-refractivity contribution in [2.75, 3.05) is 4.90 Å². The number of nitrogens with two attached hydrogens (primary N) is 1. The third-order valence-corrected chi connectivity index (χ3v) is 4.51. The van der Waals surface area contributed by atoms with Gasteiger partial charge in [-0.05, 0) is 36.1 Å². The number of rotatable bonds is 5. The lowest BCUT2D eigenvalue weighted by atomic mass is 10.1. The summed E-state index contributed by atoms with van der Waals surface area (Å²) in [5, 5.41) is 0. The van der Waals surface area contributed by atoms with E-state index in [4.69, 9.17) is 5.73 Å². The summed E-state index contributed by atoms with van der Waals surface area (Å²) in [4.78, 5) is 2.50. The third kappa shape index (κ3) is 3.05. The Hall–Kier alpha value is -1.32. The lowest BCUT2D eigenvalue weighted by Gasteiger charge is -2.25. The molecule has 0 amide bonds. The number of hydrogen-bond donors (Lipinski definition) is 1. The first-order valence-corrected chi connectivity index (χ1v) is 7.86. The van der Waals surface area contributed by atoms with Gasteiger partial charge >= 0.3 is 0 Å². The fourth-order valence-corrected chi connectivity index (χ4v) is 3.01. The monoisotopic (exact) mass is 330 g/mol. The van der Waals surface area contributed by atoms with Gasteiger partial charge in [0, 0.05) is 29.3 Å². The average Bonchev–Trinajstić information content (AvgIpc) is 3.30. The fourth-order valence-electron chi connectivity index (χ4n) is 2.48. The molecule has 3 rings (SSSR count). The lowest BCUT2D eigenvalue weighted by molar-refractivity contribution is 0.793. The highest BCUT2D eigenvalue weighted by molar-refractivity contribution is 9.10. The van der Waals surface area contributed by atoms with Crippen molar-refractivity contribution in [2.24, 2.45) is 5.73 Å². The molecule has 1 aliphatic carbocycles. The van der Waals surface area contributed by atoms with E-state index < -0.39 is 0 Å². The van der Waals surface area contributed by atoms with Crippen molar-refractivity contribution in [2.45, 2.75) is 32.0 Å². The van der Waals surface area contributed by atoms with Crippen molar-refractivity contribution in [3.63, 3.8) is 0 Å². The van der Waals surface area contributed by atoms with Crippen LogP contribution in [0.25, 0.3) is 0 Å². The number of halogens is 1. The van der Waals surface area contributed by atoms with E-state index >= 15 is 0 Å². The molecule has 0 aromatic heterocycles. The van der Waals surface area contributed by atoms with Crippen molar-refractivity contribution in [1.29, 1.82) is 0 Å². The van der Waals surface area contributed by atoms with Crippen molar-refractivity contribution in [3.8, 4) is 0 Å². The van der Waals surface area contributed by atoms with Gasteiger partial charge in [0.05, 0.1) is 0 Å². The molecule has 0 heterocycles. The zero-order chi connectivity index (χ0) is 13.9. The van der Waals surface area contributed by atoms with Crippen LogP contribution >= 0.6 is 15.9 Å². The molecule has 0 aliphatic heterocycles. The largest absolute Gasteiger partial charge is 0.364 e. The molecule has 1 saturated carbocycles. The Labute approximate surface area is 128 Å². The molecule has 2 aromatic rings. The van der Waals surface area contributed by atoms with Gasteiger partial charge in [0.15, 0.2) is 0 Å². The predicted octanol–water partition coefficient (Wildman–Crippen LogP) is 4.08. The summed E-state index contributed by atoms with van der Waals surface area (Å²) in [6.45, 7) is 1.54. The SMILES string of the molecule is NCc1ccc(N(Cc2ccccc2)C2CC2)cc1Br. The van der Waals surface area contributed by atoms with Gasteiger partial charge in [0.1, 0.15) is 0 Å². The zero-order valence-electron chi connectivity index (χ0n) is 11.4. The van der Waals surface area contributed by atoms with Gasteiger partial charge < -0.3 is 10.6 Å². The quantitative estimate of drug-likeness (QED) is 0.895. The first-order chi connectivity index (χ1) is 9.78. The van der Waals surface area contributed by atoms with Crippen LogP contribution in [0.2, 0.25) is 0 Å². The molecule has 1 aliphatic rings. The summed E-state index contributed by atoms with van der Waals surface area (Å²) in [7, 11) is 0. The second kappa shape index (κ2) is 5.98. The van der Waals surface area contributed by atoms with E-state index in [0.29, 0.717) is 12.6 Å². The van der Waals surface area contributed by atoms with E-state index in [0.717, 1.165) is 16.6 Å². The van der Waals surface area contributed by atoms with Crippen LogP contribution in [0, 0.1) is 0 Å². The molecule has 0 spiro atoms. The molecule has 20 heavy (non-hydrogen) atoms. The van der Waals surface area contributed by atoms with E-state index in [-0.39, 0.29) is 0 Å². The highest BCUT2D eigenvalue weighted by Gasteiger charge is 2.29. The molecule has 0 saturated heterocycles. The summed E-state index contributed by atoms with van der Waals surface area (Å²) in [5.74, 6) is 0. The summed E-state index contributed by atoms with van der Waals surface area (Å²) in [6.07, 6.45) is 2.59. The first-order valence-electron chi connectivity index (χ1n) is 7.07. The van der Waals surface area contributed by atoms with Crippen LogP contribution in [0.5, 0.6) is 0 Å². The van der Waals surface area contributed by atoms with E-state index in [2.05, 4.69) is 69.4 Å². The zero-order valence-corrected chi connectivity index (χ0v) is 13.0. The molecule has 1 fully saturated rings. The van der Waals surface area contributed by atoms with Crippen LogP contribution in [-0.4, -0.2) is 6.04 Å². The van der Waals surface area contributed by atoms with E-state index in [1.165, 1.54) is 24.1 Å². The molecule has 0 unspecified atom stereocenters. The maximum absolute atomic E-state index is 5.73. The van der Waals surface area contributed by atoms with Crippen LogP contribution in [0.15, 0.2) is 53.0 Å². The molecular formula is C17H19BrN2. The molecule has 2 N–H and O–H groups in total. The van der Waals surface area contributed by atoms with Gasteiger partial charge in [0.2, 0.25) is 0 Å². The van der Waals surface area contributed by atoms with Crippen molar-refractivity contribution < 1.29 is 0 Å². The van der Waals surface area contributed by atoms with Gasteiger partial charge in [-0.3, -0.25) is 0 Å². The van der Waals surface area contributed by atoms with Crippen molar-refractivity contribution in [3.05, 3.63) is 64.1 Å². The first kappa shape index (κ1) is 13.7.